The third kappa shape index (κ3) is 1.57. The fraction of sp³-hybridized carbons (Fsp3) is 0.429. The summed E-state index contributed by atoms with van der Waals surface area (Å²) in [5.74, 6) is 1.73. The number of ether oxygens (including phenoxy) is 2. The molecule has 0 saturated heterocycles. The molecule has 3 heteroatoms. The summed E-state index contributed by atoms with van der Waals surface area (Å²) in [6.45, 7) is 0. The Morgan fingerprint density at radius 3 is 2.65 bits per heavy atom. The standard InChI is InChI=1S/C14H17NO2/c1-16-9-7-11-10-5-3-4-6-12(10)15-14(11)13(8-9)17-2/h7-8,15H,3-6H2,1-2H3. The van der Waals surface area contributed by atoms with Gasteiger partial charge in [-0.15, -0.1) is 0 Å². The second-order valence-electron chi connectivity index (χ2n) is 4.54. The van der Waals surface area contributed by atoms with Crippen molar-refractivity contribution in [3.63, 3.8) is 0 Å². The predicted octanol–water partition coefficient (Wildman–Crippen LogP) is 3.06. The van der Waals surface area contributed by atoms with Gasteiger partial charge in [-0.05, 0) is 37.3 Å². The van der Waals surface area contributed by atoms with E-state index in [-0.39, 0.29) is 0 Å². The number of hydrogen-bond donors (Lipinski definition) is 1. The van der Waals surface area contributed by atoms with Crippen molar-refractivity contribution in [2.75, 3.05) is 14.2 Å². The monoisotopic (exact) mass is 231 g/mol. The number of aromatic amines is 1. The molecule has 0 aliphatic heterocycles. The molecule has 3 rings (SSSR count). The van der Waals surface area contributed by atoms with Crippen molar-refractivity contribution >= 4 is 10.9 Å². The van der Waals surface area contributed by atoms with E-state index in [1.165, 1.54) is 29.5 Å². The van der Waals surface area contributed by atoms with Crippen LogP contribution in [-0.2, 0) is 12.8 Å². The lowest BCUT2D eigenvalue weighted by Crippen LogP contribution is -1.99. The summed E-state index contributed by atoms with van der Waals surface area (Å²) in [6.07, 6.45) is 4.86. The summed E-state index contributed by atoms with van der Waals surface area (Å²) in [6, 6.07) is 4.04. The highest BCUT2D eigenvalue weighted by molar-refractivity contribution is 5.91. The number of rotatable bonds is 2. The van der Waals surface area contributed by atoms with Crippen LogP contribution in [0.5, 0.6) is 11.5 Å². The van der Waals surface area contributed by atoms with Gasteiger partial charge in [0.2, 0.25) is 0 Å². The topological polar surface area (TPSA) is 34.2 Å². The molecular formula is C14H17NO2. The van der Waals surface area contributed by atoms with E-state index in [0.717, 1.165) is 29.9 Å². The van der Waals surface area contributed by atoms with Gasteiger partial charge in [0.1, 0.15) is 11.5 Å². The van der Waals surface area contributed by atoms with Crippen molar-refractivity contribution < 1.29 is 9.47 Å². The molecule has 17 heavy (non-hydrogen) atoms. The Morgan fingerprint density at radius 1 is 1.06 bits per heavy atom. The van der Waals surface area contributed by atoms with Crippen LogP contribution in [0.2, 0.25) is 0 Å². The summed E-state index contributed by atoms with van der Waals surface area (Å²) in [7, 11) is 3.40. The van der Waals surface area contributed by atoms with Gasteiger partial charge in [0, 0.05) is 17.1 Å². The second-order valence-corrected chi connectivity index (χ2v) is 4.54. The fourth-order valence-corrected chi connectivity index (χ4v) is 2.73. The van der Waals surface area contributed by atoms with E-state index in [2.05, 4.69) is 11.1 Å². The molecule has 1 N–H and O–H groups in total. The van der Waals surface area contributed by atoms with Gasteiger partial charge >= 0.3 is 0 Å². The van der Waals surface area contributed by atoms with Crippen LogP contribution in [0.3, 0.4) is 0 Å². The number of methoxy groups -OCH3 is 2. The average molecular weight is 231 g/mol. The lowest BCUT2D eigenvalue weighted by atomic mass is 9.95. The highest BCUT2D eigenvalue weighted by atomic mass is 16.5. The van der Waals surface area contributed by atoms with E-state index in [9.17, 15) is 0 Å². The lowest BCUT2D eigenvalue weighted by molar-refractivity contribution is 0.397. The van der Waals surface area contributed by atoms with Crippen LogP contribution in [0.1, 0.15) is 24.1 Å². The van der Waals surface area contributed by atoms with E-state index in [1.807, 2.05) is 6.07 Å². The molecular weight excluding hydrogens is 214 g/mol. The van der Waals surface area contributed by atoms with E-state index in [4.69, 9.17) is 9.47 Å². The zero-order valence-electron chi connectivity index (χ0n) is 10.3. The number of hydrogen-bond acceptors (Lipinski definition) is 2. The molecule has 90 valence electrons. The second kappa shape index (κ2) is 3.99. The van der Waals surface area contributed by atoms with Crippen molar-refractivity contribution in [2.24, 2.45) is 0 Å². The van der Waals surface area contributed by atoms with Gasteiger partial charge in [0.15, 0.2) is 0 Å². The molecule has 0 unspecified atom stereocenters. The summed E-state index contributed by atoms with van der Waals surface area (Å²) in [4.78, 5) is 3.51. The zero-order valence-corrected chi connectivity index (χ0v) is 10.3. The van der Waals surface area contributed by atoms with Crippen LogP contribution in [-0.4, -0.2) is 19.2 Å². The summed E-state index contributed by atoms with van der Waals surface area (Å²) < 4.78 is 10.8. The third-order valence-electron chi connectivity index (χ3n) is 3.60. The van der Waals surface area contributed by atoms with E-state index in [0.29, 0.717) is 0 Å². The van der Waals surface area contributed by atoms with Gasteiger partial charge in [0.25, 0.3) is 0 Å². The molecule has 0 amide bonds. The van der Waals surface area contributed by atoms with Gasteiger partial charge in [0.05, 0.1) is 19.7 Å². The summed E-state index contributed by atoms with van der Waals surface area (Å²) in [5.41, 5.74) is 3.93. The van der Waals surface area contributed by atoms with Crippen molar-refractivity contribution in [1.29, 1.82) is 0 Å². The number of nitrogens with one attached hydrogen (secondary N) is 1. The van der Waals surface area contributed by atoms with Crippen LogP contribution in [0, 0.1) is 0 Å². The first-order valence-electron chi connectivity index (χ1n) is 6.09. The molecule has 0 spiro atoms. The summed E-state index contributed by atoms with van der Waals surface area (Å²) in [5, 5.41) is 1.26. The molecule has 0 bridgehead atoms. The number of fused-ring (bicyclic) bond motifs is 3. The minimum Gasteiger partial charge on any atom is -0.497 e. The number of benzene rings is 1. The van der Waals surface area contributed by atoms with Gasteiger partial charge in [-0.3, -0.25) is 0 Å². The zero-order chi connectivity index (χ0) is 11.8. The first kappa shape index (κ1) is 10.5. The summed E-state index contributed by atoms with van der Waals surface area (Å²) >= 11 is 0. The first-order chi connectivity index (χ1) is 8.33. The average Bonchev–Trinajstić information content (AvgIpc) is 2.76. The molecule has 1 aliphatic carbocycles. The highest BCUT2D eigenvalue weighted by Gasteiger charge is 2.18. The van der Waals surface area contributed by atoms with Crippen molar-refractivity contribution in [3.8, 4) is 11.5 Å². The van der Waals surface area contributed by atoms with Gasteiger partial charge in [-0.25, -0.2) is 0 Å². The maximum Gasteiger partial charge on any atom is 0.146 e. The van der Waals surface area contributed by atoms with Gasteiger partial charge in [-0.2, -0.15) is 0 Å². The minimum absolute atomic E-state index is 0.863. The Labute approximate surface area is 101 Å². The Kier molecular flexibility index (Phi) is 2.46. The van der Waals surface area contributed by atoms with E-state index < -0.39 is 0 Å². The molecule has 0 atom stereocenters. The largest absolute Gasteiger partial charge is 0.497 e. The van der Waals surface area contributed by atoms with Crippen LogP contribution < -0.4 is 9.47 Å². The Hall–Kier alpha value is -1.64. The Morgan fingerprint density at radius 2 is 1.88 bits per heavy atom. The number of aromatic nitrogens is 1. The maximum atomic E-state index is 5.44. The molecule has 0 saturated carbocycles. The number of H-pyrrole nitrogens is 1. The quantitative estimate of drug-likeness (QED) is 0.862. The van der Waals surface area contributed by atoms with Crippen LogP contribution in [0.25, 0.3) is 10.9 Å². The van der Waals surface area contributed by atoms with Crippen LogP contribution in [0.4, 0.5) is 0 Å². The van der Waals surface area contributed by atoms with E-state index >= 15 is 0 Å². The highest BCUT2D eigenvalue weighted by Crippen LogP contribution is 2.36. The van der Waals surface area contributed by atoms with Crippen LogP contribution in [0.15, 0.2) is 12.1 Å². The van der Waals surface area contributed by atoms with Crippen molar-refractivity contribution in [2.45, 2.75) is 25.7 Å². The SMILES string of the molecule is COc1cc(OC)c2[nH]c3c(c2c1)CCCC3. The molecule has 2 aromatic rings. The molecule has 3 nitrogen and oxygen atoms in total. The Balaban J connectivity index is 2.29. The molecule has 1 aliphatic rings. The smallest absolute Gasteiger partial charge is 0.146 e. The van der Waals surface area contributed by atoms with Crippen molar-refractivity contribution in [3.05, 3.63) is 23.4 Å². The molecule has 1 heterocycles. The van der Waals surface area contributed by atoms with Gasteiger partial charge in [-0.1, -0.05) is 0 Å². The fourth-order valence-electron chi connectivity index (χ4n) is 2.73. The minimum atomic E-state index is 0.863. The molecule has 1 aromatic heterocycles. The Bertz CT molecular complexity index is 557. The maximum absolute atomic E-state index is 5.44. The number of aryl methyl sites for hydroxylation is 2. The molecule has 0 fully saturated rings. The third-order valence-corrected chi connectivity index (χ3v) is 3.60. The van der Waals surface area contributed by atoms with Crippen molar-refractivity contribution in [1.82, 2.24) is 4.98 Å². The normalized spacial score (nSPS) is 14.7. The van der Waals surface area contributed by atoms with E-state index in [1.54, 1.807) is 14.2 Å². The molecule has 0 radical (unpaired) electrons. The first-order valence-corrected chi connectivity index (χ1v) is 6.09. The van der Waals surface area contributed by atoms with Crippen LogP contribution >= 0.6 is 0 Å². The predicted molar refractivity (Wildman–Crippen MR) is 68.0 cm³/mol. The van der Waals surface area contributed by atoms with Gasteiger partial charge < -0.3 is 14.5 Å². The molecule has 1 aromatic carbocycles. The lowest BCUT2D eigenvalue weighted by Gasteiger charge is -2.10.